The molecule has 0 heterocycles. The fraction of sp³-hybridized carbons (Fsp3) is 0.500. The highest BCUT2D eigenvalue weighted by atomic mass is 32.2. The molecule has 0 aliphatic carbocycles. The standard InChI is InChI=1S/C14H21NO4S/c1-14(2,3)15(10-9-13(16)17)20(18,19)11-12-7-5-4-6-8-12/h4-8H,9-11H2,1-3H3,(H,16,17). The molecule has 1 N–H and O–H groups in total. The van der Waals surface area contributed by atoms with Crippen LogP contribution in [-0.4, -0.2) is 35.9 Å². The summed E-state index contributed by atoms with van der Waals surface area (Å²) in [6.07, 6.45) is -0.203. The summed E-state index contributed by atoms with van der Waals surface area (Å²) in [5.41, 5.74) is 0.0420. The van der Waals surface area contributed by atoms with Crippen LogP contribution in [0.15, 0.2) is 30.3 Å². The maximum Gasteiger partial charge on any atom is 0.304 e. The quantitative estimate of drug-likeness (QED) is 0.873. The van der Waals surface area contributed by atoms with E-state index >= 15 is 0 Å². The average Bonchev–Trinajstić information content (AvgIpc) is 2.26. The van der Waals surface area contributed by atoms with E-state index in [9.17, 15) is 13.2 Å². The summed E-state index contributed by atoms with van der Waals surface area (Å²) in [6.45, 7) is 5.26. The van der Waals surface area contributed by atoms with Gasteiger partial charge < -0.3 is 5.11 Å². The van der Waals surface area contributed by atoms with E-state index in [0.717, 1.165) is 0 Å². The van der Waals surface area contributed by atoms with Gasteiger partial charge in [0.05, 0.1) is 12.2 Å². The molecule has 0 radical (unpaired) electrons. The van der Waals surface area contributed by atoms with Gasteiger partial charge in [0.2, 0.25) is 10.0 Å². The summed E-state index contributed by atoms with van der Waals surface area (Å²) in [6, 6.07) is 8.88. The van der Waals surface area contributed by atoms with Crippen LogP contribution in [0.3, 0.4) is 0 Å². The van der Waals surface area contributed by atoms with Gasteiger partial charge in [0.15, 0.2) is 0 Å². The van der Waals surface area contributed by atoms with Crippen LogP contribution in [0.1, 0.15) is 32.8 Å². The van der Waals surface area contributed by atoms with Gasteiger partial charge in [-0.15, -0.1) is 0 Å². The number of sulfonamides is 1. The number of hydrogen-bond donors (Lipinski definition) is 1. The van der Waals surface area contributed by atoms with E-state index in [1.54, 1.807) is 45.0 Å². The Morgan fingerprint density at radius 1 is 1.20 bits per heavy atom. The Bertz CT molecular complexity index is 546. The number of carboxylic acids is 1. The van der Waals surface area contributed by atoms with Crippen LogP contribution < -0.4 is 0 Å². The second-order valence-electron chi connectivity index (χ2n) is 5.63. The molecule has 0 amide bonds. The topological polar surface area (TPSA) is 74.7 Å². The van der Waals surface area contributed by atoms with Crippen LogP contribution in [0.5, 0.6) is 0 Å². The maximum absolute atomic E-state index is 12.5. The minimum atomic E-state index is -3.56. The van der Waals surface area contributed by atoms with Crippen LogP contribution in [0.25, 0.3) is 0 Å². The van der Waals surface area contributed by atoms with Gasteiger partial charge in [0.25, 0.3) is 0 Å². The van der Waals surface area contributed by atoms with Gasteiger partial charge in [-0.2, -0.15) is 4.31 Å². The van der Waals surface area contributed by atoms with Crippen molar-refractivity contribution in [3.63, 3.8) is 0 Å². The lowest BCUT2D eigenvalue weighted by Crippen LogP contribution is -2.47. The van der Waals surface area contributed by atoms with Crippen LogP contribution >= 0.6 is 0 Å². The third kappa shape index (κ3) is 4.94. The third-order valence-electron chi connectivity index (χ3n) is 2.80. The van der Waals surface area contributed by atoms with Gasteiger partial charge in [0, 0.05) is 12.1 Å². The highest BCUT2D eigenvalue weighted by Gasteiger charge is 2.32. The molecule has 112 valence electrons. The van der Waals surface area contributed by atoms with Crippen molar-refractivity contribution >= 4 is 16.0 Å². The SMILES string of the molecule is CC(C)(C)N(CCC(=O)O)S(=O)(=O)Cc1ccccc1. The highest BCUT2D eigenvalue weighted by molar-refractivity contribution is 7.88. The summed E-state index contributed by atoms with van der Waals surface area (Å²) >= 11 is 0. The highest BCUT2D eigenvalue weighted by Crippen LogP contribution is 2.21. The number of carboxylic acid groups (broad SMARTS) is 1. The number of hydrogen-bond acceptors (Lipinski definition) is 3. The lowest BCUT2D eigenvalue weighted by Gasteiger charge is -2.34. The smallest absolute Gasteiger partial charge is 0.304 e. The van der Waals surface area contributed by atoms with E-state index < -0.39 is 21.5 Å². The van der Waals surface area contributed by atoms with E-state index in [0.29, 0.717) is 5.56 Å². The van der Waals surface area contributed by atoms with E-state index in [-0.39, 0.29) is 18.7 Å². The number of rotatable bonds is 6. The van der Waals surface area contributed by atoms with Crippen molar-refractivity contribution < 1.29 is 18.3 Å². The van der Waals surface area contributed by atoms with Crippen LogP contribution in [0, 0.1) is 0 Å². The number of carbonyl (C=O) groups is 1. The fourth-order valence-electron chi connectivity index (χ4n) is 1.95. The van der Waals surface area contributed by atoms with Gasteiger partial charge >= 0.3 is 5.97 Å². The summed E-state index contributed by atoms with van der Waals surface area (Å²) < 4.78 is 26.2. The first-order valence-electron chi connectivity index (χ1n) is 6.39. The van der Waals surface area contributed by atoms with E-state index in [2.05, 4.69) is 0 Å². The van der Waals surface area contributed by atoms with Crippen molar-refractivity contribution in [2.75, 3.05) is 6.54 Å². The Hall–Kier alpha value is -1.40. The molecule has 1 rings (SSSR count). The average molecular weight is 299 g/mol. The van der Waals surface area contributed by atoms with Crippen molar-refractivity contribution in [3.8, 4) is 0 Å². The molecule has 6 heteroatoms. The summed E-state index contributed by atoms with van der Waals surface area (Å²) in [5, 5.41) is 8.76. The number of nitrogens with zero attached hydrogens (tertiary/aromatic N) is 1. The first-order chi connectivity index (χ1) is 9.13. The fourth-order valence-corrected chi connectivity index (χ4v) is 3.93. The molecule has 0 aliphatic heterocycles. The van der Waals surface area contributed by atoms with Crippen molar-refractivity contribution in [1.29, 1.82) is 0 Å². The predicted molar refractivity (Wildman–Crippen MR) is 77.8 cm³/mol. The second kappa shape index (κ2) is 6.37. The molecule has 0 bridgehead atoms. The molecule has 5 nitrogen and oxygen atoms in total. The first-order valence-corrected chi connectivity index (χ1v) is 8.00. The predicted octanol–water partition coefficient (Wildman–Crippen LogP) is 2.09. The number of benzene rings is 1. The molecular weight excluding hydrogens is 278 g/mol. The van der Waals surface area contributed by atoms with Gasteiger partial charge in [-0.3, -0.25) is 4.79 Å². The van der Waals surface area contributed by atoms with Crippen LogP contribution in [-0.2, 0) is 20.6 Å². The second-order valence-corrected chi connectivity index (χ2v) is 7.52. The molecule has 0 atom stereocenters. The number of aliphatic carboxylic acids is 1. The van der Waals surface area contributed by atoms with Gasteiger partial charge in [-0.1, -0.05) is 30.3 Å². The van der Waals surface area contributed by atoms with Crippen molar-refractivity contribution in [3.05, 3.63) is 35.9 Å². The molecular formula is C14H21NO4S. The molecule has 0 aliphatic rings. The molecule has 20 heavy (non-hydrogen) atoms. The van der Waals surface area contributed by atoms with E-state index in [1.165, 1.54) is 4.31 Å². The zero-order chi connectivity index (χ0) is 15.4. The van der Waals surface area contributed by atoms with Gasteiger partial charge in [-0.25, -0.2) is 8.42 Å². The third-order valence-corrected chi connectivity index (χ3v) is 4.90. The lowest BCUT2D eigenvalue weighted by molar-refractivity contribution is -0.137. The molecule has 0 saturated carbocycles. The summed E-state index contributed by atoms with van der Waals surface area (Å²) in [4.78, 5) is 10.7. The Morgan fingerprint density at radius 2 is 1.75 bits per heavy atom. The first kappa shape index (κ1) is 16.7. The van der Waals surface area contributed by atoms with E-state index in [4.69, 9.17) is 5.11 Å². The minimum absolute atomic E-state index is 0.0198. The molecule has 0 spiro atoms. The summed E-state index contributed by atoms with van der Waals surface area (Å²) in [7, 11) is -3.56. The Balaban J connectivity index is 2.96. The van der Waals surface area contributed by atoms with Gasteiger partial charge in [-0.05, 0) is 26.3 Å². The Morgan fingerprint density at radius 3 is 2.20 bits per heavy atom. The monoisotopic (exact) mass is 299 g/mol. The molecule has 1 aromatic rings. The zero-order valence-corrected chi connectivity index (χ0v) is 12.9. The normalized spacial score (nSPS) is 12.6. The minimum Gasteiger partial charge on any atom is -0.481 e. The van der Waals surface area contributed by atoms with Crippen LogP contribution in [0.4, 0.5) is 0 Å². The Kier molecular flexibility index (Phi) is 5.30. The molecule has 0 aromatic heterocycles. The van der Waals surface area contributed by atoms with Crippen molar-refractivity contribution in [2.24, 2.45) is 0 Å². The van der Waals surface area contributed by atoms with Crippen LogP contribution in [0.2, 0.25) is 0 Å². The van der Waals surface area contributed by atoms with Gasteiger partial charge in [0.1, 0.15) is 0 Å². The zero-order valence-electron chi connectivity index (χ0n) is 12.0. The molecule has 1 aromatic carbocycles. The maximum atomic E-state index is 12.5. The Labute approximate surface area is 120 Å². The van der Waals surface area contributed by atoms with Crippen molar-refractivity contribution in [1.82, 2.24) is 4.31 Å². The molecule has 0 saturated heterocycles. The molecule has 0 unspecified atom stereocenters. The largest absolute Gasteiger partial charge is 0.481 e. The molecule has 0 fully saturated rings. The summed E-state index contributed by atoms with van der Waals surface area (Å²) in [5.74, 6) is -1.13. The van der Waals surface area contributed by atoms with Crippen molar-refractivity contribution in [2.45, 2.75) is 38.5 Å². The lowest BCUT2D eigenvalue weighted by atomic mass is 10.1. The van der Waals surface area contributed by atoms with E-state index in [1.807, 2.05) is 6.07 Å².